The van der Waals surface area contributed by atoms with Crippen molar-refractivity contribution < 1.29 is 4.79 Å². The summed E-state index contributed by atoms with van der Waals surface area (Å²) in [5.41, 5.74) is 2.03. The zero-order valence-corrected chi connectivity index (χ0v) is 13.9. The van der Waals surface area contributed by atoms with E-state index in [0.717, 1.165) is 18.7 Å². The maximum atomic E-state index is 12.8. The Bertz CT molecular complexity index is 798. The number of thiophene rings is 2. The van der Waals surface area contributed by atoms with E-state index in [2.05, 4.69) is 33.2 Å². The summed E-state index contributed by atoms with van der Waals surface area (Å²) in [5.74, 6) is 0. The first-order valence-corrected chi connectivity index (χ1v) is 9.16. The number of carbonyl (C=O) groups excluding carboxylic acids is 1. The number of rotatable bonds is 2. The zero-order valence-electron chi connectivity index (χ0n) is 12.3. The van der Waals surface area contributed by atoms with E-state index in [1.165, 1.54) is 15.3 Å². The molecule has 1 aliphatic heterocycles. The molecule has 2 amide bonds. The van der Waals surface area contributed by atoms with Gasteiger partial charge in [-0.3, -0.25) is 4.98 Å². The van der Waals surface area contributed by atoms with Gasteiger partial charge in [0.05, 0.1) is 6.04 Å². The first kappa shape index (κ1) is 14.4. The van der Waals surface area contributed by atoms with E-state index in [1.807, 2.05) is 11.0 Å². The molecular weight excluding hydrogens is 326 g/mol. The second kappa shape index (κ2) is 6.14. The topological polar surface area (TPSA) is 45.2 Å². The van der Waals surface area contributed by atoms with E-state index in [4.69, 9.17) is 0 Å². The summed E-state index contributed by atoms with van der Waals surface area (Å²) in [4.78, 5) is 21.3. The van der Waals surface area contributed by atoms with Crippen LogP contribution in [0.2, 0.25) is 0 Å². The van der Waals surface area contributed by atoms with Gasteiger partial charge in [-0.25, -0.2) is 4.79 Å². The maximum absolute atomic E-state index is 12.8. The number of aromatic nitrogens is 1. The number of carbonyl (C=O) groups is 1. The summed E-state index contributed by atoms with van der Waals surface area (Å²) in [5, 5.41) is 7.17. The molecule has 4 nitrogen and oxygen atoms in total. The molecular formula is C17H15N3OS2. The van der Waals surface area contributed by atoms with Crippen molar-refractivity contribution in [3.8, 4) is 0 Å². The number of amides is 2. The van der Waals surface area contributed by atoms with Gasteiger partial charge >= 0.3 is 6.03 Å². The van der Waals surface area contributed by atoms with Crippen LogP contribution in [-0.2, 0) is 6.42 Å². The Kier molecular flexibility index (Phi) is 3.85. The Hall–Kier alpha value is -2.18. The van der Waals surface area contributed by atoms with Gasteiger partial charge in [-0.2, -0.15) is 0 Å². The fourth-order valence-electron chi connectivity index (χ4n) is 2.92. The number of hydrogen-bond donors (Lipinski definition) is 1. The van der Waals surface area contributed by atoms with Gasteiger partial charge in [-0.05, 0) is 47.0 Å². The standard InChI is InChI=1S/C17H15N3OS2/c21-17(19-12-3-7-18-8-4-12)20-9-5-14-13(6-11-23-14)16(20)15-2-1-10-22-15/h1-4,6-8,10-11,16H,5,9H2,(H,18,19,21)/t16-/m1/s1. The number of anilines is 1. The molecule has 4 rings (SSSR count). The van der Waals surface area contributed by atoms with Crippen molar-refractivity contribution in [2.45, 2.75) is 12.5 Å². The van der Waals surface area contributed by atoms with Crippen LogP contribution in [0.5, 0.6) is 0 Å². The SMILES string of the molecule is O=C(Nc1ccncc1)N1CCc2sccc2[C@@H]1c1cccs1. The number of urea groups is 1. The van der Waals surface area contributed by atoms with Crippen LogP contribution in [0.15, 0.2) is 53.5 Å². The van der Waals surface area contributed by atoms with Crippen LogP contribution in [0.1, 0.15) is 21.4 Å². The molecule has 0 unspecified atom stereocenters. The van der Waals surface area contributed by atoms with Gasteiger partial charge in [0.25, 0.3) is 0 Å². The fraction of sp³-hybridized carbons (Fsp3) is 0.176. The molecule has 116 valence electrons. The number of hydrogen-bond acceptors (Lipinski definition) is 4. The molecule has 0 radical (unpaired) electrons. The molecule has 1 aliphatic rings. The predicted octanol–water partition coefficient (Wildman–Crippen LogP) is 4.38. The molecule has 0 saturated carbocycles. The van der Waals surface area contributed by atoms with E-state index in [-0.39, 0.29) is 12.1 Å². The van der Waals surface area contributed by atoms with Crippen LogP contribution in [-0.4, -0.2) is 22.5 Å². The molecule has 1 atom stereocenters. The highest BCUT2D eigenvalue weighted by atomic mass is 32.1. The van der Waals surface area contributed by atoms with Gasteiger partial charge in [0, 0.05) is 34.4 Å². The quantitative estimate of drug-likeness (QED) is 0.751. The van der Waals surface area contributed by atoms with Crippen molar-refractivity contribution in [1.82, 2.24) is 9.88 Å². The lowest BCUT2D eigenvalue weighted by Crippen LogP contribution is -2.42. The molecule has 6 heteroatoms. The Labute approximate surface area is 142 Å². The number of fused-ring (bicyclic) bond motifs is 1. The van der Waals surface area contributed by atoms with Crippen molar-refractivity contribution >= 4 is 34.4 Å². The third kappa shape index (κ3) is 2.75. The van der Waals surface area contributed by atoms with Crippen LogP contribution in [0.25, 0.3) is 0 Å². The average Bonchev–Trinajstić information content (AvgIpc) is 3.26. The molecule has 0 aliphatic carbocycles. The molecule has 23 heavy (non-hydrogen) atoms. The van der Waals surface area contributed by atoms with Crippen LogP contribution in [0.3, 0.4) is 0 Å². The van der Waals surface area contributed by atoms with Gasteiger partial charge in [-0.1, -0.05) is 6.07 Å². The minimum Gasteiger partial charge on any atom is -0.312 e. The first-order chi connectivity index (χ1) is 11.3. The second-order valence-corrected chi connectivity index (χ2v) is 7.31. The largest absolute Gasteiger partial charge is 0.322 e. The van der Waals surface area contributed by atoms with Crippen LogP contribution >= 0.6 is 22.7 Å². The molecule has 0 bridgehead atoms. The molecule has 0 aromatic carbocycles. The lowest BCUT2D eigenvalue weighted by Gasteiger charge is -2.35. The highest BCUT2D eigenvalue weighted by Gasteiger charge is 2.33. The van der Waals surface area contributed by atoms with Gasteiger partial charge < -0.3 is 10.2 Å². The van der Waals surface area contributed by atoms with Crippen molar-refractivity contribution in [1.29, 1.82) is 0 Å². The normalized spacial score (nSPS) is 16.9. The summed E-state index contributed by atoms with van der Waals surface area (Å²) in [6, 6.07) is 9.85. The third-order valence-corrected chi connectivity index (χ3v) is 5.89. The van der Waals surface area contributed by atoms with E-state index < -0.39 is 0 Å². The highest BCUT2D eigenvalue weighted by Crippen LogP contribution is 2.39. The fourth-order valence-corrected chi connectivity index (χ4v) is 4.68. The summed E-state index contributed by atoms with van der Waals surface area (Å²) < 4.78 is 0. The van der Waals surface area contributed by atoms with Gasteiger partial charge in [0.2, 0.25) is 0 Å². The third-order valence-electron chi connectivity index (χ3n) is 3.97. The highest BCUT2D eigenvalue weighted by molar-refractivity contribution is 7.10. The molecule has 4 heterocycles. The lowest BCUT2D eigenvalue weighted by molar-refractivity contribution is 0.195. The Morgan fingerprint density at radius 3 is 2.83 bits per heavy atom. The lowest BCUT2D eigenvalue weighted by atomic mass is 9.99. The summed E-state index contributed by atoms with van der Waals surface area (Å²) >= 11 is 3.48. The monoisotopic (exact) mass is 341 g/mol. The van der Waals surface area contributed by atoms with Gasteiger partial charge in [-0.15, -0.1) is 22.7 Å². The summed E-state index contributed by atoms with van der Waals surface area (Å²) in [7, 11) is 0. The van der Waals surface area contributed by atoms with Crippen molar-refractivity contribution in [3.63, 3.8) is 0 Å². The first-order valence-electron chi connectivity index (χ1n) is 7.40. The van der Waals surface area contributed by atoms with E-state index >= 15 is 0 Å². The average molecular weight is 341 g/mol. The predicted molar refractivity (Wildman–Crippen MR) is 94.1 cm³/mol. The van der Waals surface area contributed by atoms with Crippen molar-refractivity contribution in [2.75, 3.05) is 11.9 Å². The number of pyridine rings is 1. The van der Waals surface area contributed by atoms with E-state index in [1.54, 1.807) is 47.2 Å². The minimum absolute atomic E-state index is 0.00633. The molecule has 3 aromatic rings. The smallest absolute Gasteiger partial charge is 0.312 e. The second-order valence-electron chi connectivity index (χ2n) is 5.33. The molecule has 0 fully saturated rings. The zero-order chi connectivity index (χ0) is 15.6. The maximum Gasteiger partial charge on any atom is 0.322 e. The van der Waals surface area contributed by atoms with Crippen molar-refractivity contribution in [2.24, 2.45) is 0 Å². The van der Waals surface area contributed by atoms with Crippen LogP contribution in [0, 0.1) is 0 Å². The Balaban J connectivity index is 1.66. The van der Waals surface area contributed by atoms with Crippen LogP contribution < -0.4 is 5.32 Å². The Morgan fingerprint density at radius 2 is 2.04 bits per heavy atom. The van der Waals surface area contributed by atoms with E-state index in [0.29, 0.717) is 0 Å². The van der Waals surface area contributed by atoms with E-state index in [9.17, 15) is 4.79 Å². The molecule has 3 aromatic heterocycles. The molecule has 1 N–H and O–H groups in total. The molecule has 0 saturated heterocycles. The minimum atomic E-state index is -0.0635. The molecule has 0 spiro atoms. The van der Waals surface area contributed by atoms with Gasteiger partial charge in [0.1, 0.15) is 0 Å². The summed E-state index contributed by atoms with van der Waals surface area (Å²) in [6.07, 6.45) is 4.28. The van der Waals surface area contributed by atoms with Crippen LogP contribution in [0.4, 0.5) is 10.5 Å². The summed E-state index contributed by atoms with van der Waals surface area (Å²) in [6.45, 7) is 0.729. The van der Waals surface area contributed by atoms with Crippen molar-refractivity contribution in [3.05, 3.63) is 68.8 Å². The Morgan fingerprint density at radius 1 is 1.17 bits per heavy atom. The number of nitrogens with zero attached hydrogens (tertiary/aromatic N) is 2. The number of nitrogens with one attached hydrogen (secondary N) is 1. The van der Waals surface area contributed by atoms with Gasteiger partial charge in [0.15, 0.2) is 0 Å².